The average molecular weight is 735 g/mol. The molecule has 0 amide bonds. The van der Waals surface area contributed by atoms with Gasteiger partial charge in [-0.3, -0.25) is 18.6 Å². The van der Waals surface area contributed by atoms with Crippen molar-refractivity contribution >= 4 is 19.8 Å². The predicted molar refractivity (Wildman–Crippen MR) is 211 cm³/mol. The van der Waals surface area contributed by atoms with Crippen LogP contribution in [-0.4, -0.2) is 43.3 Å². The van der Waals surface area contributed by atoms with Gasteiger partial charge < -0.3 is 14.4 Å². The molecule has 292 valence electrons. The fraction of sp³-hybridized carbons (Fsp3) is 0.667. The number of hydrogen-bond donors (Lipinski definition) is 1. The summed E-state index contributed by atoms with van der Waals surface area (Å²) in [4.78, 5) is 34.3. The van der Waals surface area contributed by atoms with E-state index in [2.05, 4.69) is 79.1 Å². The number of allylic oxidation sites excluding steroid dienone is 12. The number of phosphoric acid groups is 1. The molecule has 0 spiro atoms. The van der Waals surface area contributed by atoms with Crippen LogP contribution in [0.1, 0.15) is 155 Å². The molecule has 0 aliphatic carbocycles. The average Bonchev–Trinajstić information content (AvgIpc) is 3.12. The van der Waals surface area contributed by atoms with Crippen molar-refractivity contribution in [2.75, 3.05) is 20.3 Å². The van der Waals surface area contributed by atoms with Crippen LogP contribution < -0.4 is 0 Å². The van der Waals surface area contributed by atoms with Crippen LogP contribution in [0.3, 0.4) is 0 Å². The van der Waals surface area contributed by atoms with E-state index in [0.29, 0.717) is 6.42 Å². The summed E-state index contributed by atoms with van der Waals surface area (Å²) >= 11 is 0. The molecule has 0 aromatic heterocycles. The maximum Gasteiger partial charge on any atom is 0.472 e. The third-order valence-electron chi connectivity index (χ3n) is 7.95. The van der Waals surface area contributed by atoms with Gasteiger partial charge in [0.1, 0.15) is 6.61 Å². The third-order valence-corrected chi connectivity index (χ3v) is 8.88. The van der Waals surface area contributed by atoms with Crippen molar-refractivity contribution in [1.29, 1.82) is 0 Å². The van der Waals surface area contributed by atoms with Gasteiger partial charge in [0.05, 0.1) is 6.61 Å². The van der Waals surface area contributed by atoms with Gasteiger partial charge in [-0.15, -0.1) is 0 Å². The van der Waals surface area contributed by atoms with Gasteiger partial charge in [0, 0.05) is 20.0 Å². The Morgan fingerprint density at radius 1 is 0.569 bits per heavy atom. The Labute approximate surface area is 311 Å². The molecule has 51 heavy (non-hydrogen) atoms. The van der Waals surface area contributed by atoms with Crippen LogP contribution >= 0.6 is 7.82 Å². The highest BCUT2D eigenvalue weighted by Gasteiger charge is 2.24. The predicted octanol–water partition coefficient (Wildman–Crippen LogP) is 12.2. The maximum absolute atomic E-state index is 12.4. The topological polar surface area (TPSA) is 108 Å². The second-order valence-corrected chi connectivity index (χ2v) is 14.2. The zero-order chi connectivity index (χ0) is 37.5. The van der Waals surface area contributed by atoms with E-state index in [4.69, 9.17) is 14.0 Å². The zero-order valence-corrected chi connectivity index (χ0v) is 33.1. The van der Waals surface area contributed by atoms with Crippen LogP contribution in [0.4, 0.5) is 0 Å². The molecule has 0 heterocycles. The van der Waals surface area contributed by atoms with Gasteiger partial charge in [-0.25, -0.2) is 4.57 Å². The summed E-state index contributed by atoms with van der Waals surface area (Å²) in [7, 11) is -3.24. The first-order chi connectivity index (χ1) is 24.8. The highest BCUT2D eigenvalue weighted by molar-refractivity contribution is 7.47. The molecule has 2 unspecified atom stereocenters. The zero-order valence-electron chi connectivity index (χ0n) is 32.2. The van der Waals surface area contributed by atoms with Crippen LogP contribution in [0.2, 0.25) is 0 Å². The normalized spacial score (nSPS) is 14.2. The standard InChI is InChI=1S/C42H71O8P/c1-4-6-8-10-12-14-16-18-19-20-21-22-23-25-26-28-30-32-34-36-41(43)48-38-40(39-49-51(45,46)47-3)50-42(44)37-35-33-31-29-27-24-17-15-13-11-9-7-5-2/h7,9,12-15,18-19,24,27,31,33,40H,4-6,8,10-11,16-17,20-23,25-26,28-30,32,34-39H2,1-3H3,(H,45,46)/b9-7-,14-12-,15-13-,19-18-,27-24-,33-31-. The van der Waals surface area contributed by atoms with Crippen molar-refractivity contribution in [2.45, 2.75) is 161 Å². The molecule has 9 heteroatoms. The van der Waals surface area contributed by atoms with Crippen molar-refractivity contribution in [2.24, 2.45) is 0 Å². The summed E-state index contributed by atoms with van der Waals surface area (Å²) in [6, 6.07) is 0. The molecule has 0 aromatic rings. The smallest absolute Gasteiger partial charge is 0.462 e. The van der Waals surface area contributed by atoms with Gasteiger partial charge in [0.15, 0.2) is 6.10 Å². The maximum atomic E-state index is 12.4. The summed E-state index contributed by atoms with van der Waals surface area (Å²) in [5.41, 5.74) is 0. The van der Waals surface area contributed by atoms with Crippen LogP contribution in [-0.2, 0) is 32.7 Å². The first kappa shape index (κ1) is 48.5. The molecule has 2 atom stereocenters. The minimum Gasteiger partial charge on any atom is -0.462 e. The first-order valence-corrected chi connectivity index (χ1v) is 21.1. The van der Waals surface area contributed by atoms with Crippen molar-refractivity contribution < 1.29 is 37.6 Å². The molecule has 1 N–H and O–H groups in total. The van der Waals surface area contributed by atoms with Crippen LogP contribution in [0.5, 0.6) is 0 Å². The van der Waals surface area contributed by atoms with Crippen LogP contribution in [0, 0.1) is 0 Å². The number of rotatable bonds is 35. The minimum atomic E-state index is -4.28. The van der Waals surface area contributed by atoms with Crippen molar-refractivity contribution in [3.63, 3.8) is 0 Å². The Bertz CT molecular complexity index is 1060. The fourth-order valence-electron chi connectivity index (χ4n) is 4.94. The molecule has 0 aromatic carbocycles. The Kier molecular flexibility index (Phi) is 35.4. The van der Waals surface area contributed by atoms with E-state index >= 15 is 0 Å². The lowest BCUT2D eigenvalue weighted by Gasteiger charge is -2.19. The van der Waals surface area contributed by atoms with E-state index in [1.807, 2.05) is 12.2 Å². The van der Waals surface area contributed by atoms with Gasteiger partial charge in [-0.05, 0) is 70.6 Å². The molecule has 0 aliphatic rings. The van der Waals surface area contributed by atoms with E-state index in [9.17, 15) is 19.0 Å². The summed E-state index contributed by atoms with van der Waals surface area (Å²) < 4.78 is 31.8. The molecule has 0 aliphatic heterocycles. The number of hydrogen-bond acceptors (Lipinski definition) is 7. The van der Waals surface area contributed by atoms with Gasteiger partial charge in [-0.1, -0.05) is 145 Å². The van der Waals surface area contributed by atoms with Crippen LogP contribution in [0.15, 0.2) is 72.9 Å². The molecular weight excluding hydrogens is 663 g/mol. The number of ether oxygens (including phenoxy) is 2. The lowest BCUT2D eigenvalue weighted by molar-refractivity contribution is -0.161. The summed E-state index contributed by atoms with van der Waals surface area (Å²) in [5, 5.41) is 0. The van der Waals surface area contributed by atoms with Crippen molar-refractivity contribution in [3.05, 3.63) is 72.9 Å². The highest BCUT2D eigenvalue weighted by atomic mass is 31.2. The van der Waals surface area contributed by atoms with Crippen molar-refractivity contribution in [3.8, 4) is 0 Å². The lowest BCUT2D eigenvalue weighted by Crippen LogP contribution is -2.29. The van der Waals surface area contributed by atoms with Crippen molar-refractivity contribution in [1.82, 2.24) is 0 Å². The molecule has 0 saturated carbocycles. The van der Waals surface area contributed by atoms with E-state index in [1.165, 1.54) is 57.8 Å². The number of esters is 2. The van der Waals surface area contributed by atoms with Crippen LogP contribution in [0.25, 0.3) is 0 Å². The second kappa shape index (κ2) is 37.3. The molecule has 0 fully saturated rings. The molecule has 0 bridgehead atoms. The second-order valence-electron chi connectivity index (χ2n) is 12.7. The summed E-state index contributed by atoms with van der Waals surface area (Å²) in [6.07, 6.45) is 46.9. The van der Waals surface area contributed by atoms with Gasteiger partial charge in [-0.2, -0.15) is 0 Å². The Hall–Kier alpha value is -2.51. The Balaban J connectivity index is 4.11. The Morgan fingerprint density at radius 3 is 1.57 bits per heavy atom. The monoisotopic (exact) mass is 734 g/mol. The number of phosphoric ester groups is 1. The highest BCUT2D eigenvalue weighted by Crippen LogP contribution is 2.42. The molecule has 0 saturated heterocycles. The van der Waals surface area contributed by atoms with Gasteiger partial charge >= 0.3 is 19.8 Å². The van der Waals surface area contributed by atoms with E-state index in [-0.39, 0.29) is 19.4 Å². The SMILES string of the molecule is CC/C=C\C/C=C\C/C=C\C/C=C\CCC(=O)OC(COC(=O)CCCCCCCCCCC/C=C\C/C=C\CCCCC)COP(=O)(O)OC. The van der Waals surface area contributed by atoms with Gasteiger partial charge in [0.2, 0.25) is 0 Å². The quantitative estimate of drug-likeness (QED) is 0.0297. The van der Waals surface area contributed by atoms with Gasteiger partial charge in [0.25, 0.3) is 0 Å². The summed E-state index contributed by atoms with van der Waals surface area (Å²) in [5.74, 6) is -0.910. The summed E-state index contributed by atoms with van der Waals surface area (Å²) in [6.45, 7) is 3.66. The number of carbonyl (C=O) groups excluding carboxylic acids is 2. The minimum absolute atomic E-state index is 0.119. The fourth-order valence-corrected chi connectivity index (χ4v) is 5.40. The first-order valence-electron chi connectivity index (χ1n) is 19.6. The molecule has 0 rings (SSSR count). The van der Waals surface area contributed by atoms with E-state index in [1.54, 1.807) is 0 Å². The largest absolute Gasteiger partial charge is 0.472 e. The van der Waals surface area contributed by atoms with E-state index < -0.39 is 32.5 Å². The molecule has 8 nitrogen and oxygen atoms in total. The molecule has 0 radical (unpaired) electrons. The number of carbonyl (C=O) groups is 2. The third kappa shape index (κ3) is 37.1. The molecular formula is C42H71O8P. The Morgan fingerprint density at radius 2 is 1.04 bits per heavy atom. The number of unbranched alkanes of at least 4 members (excludes halogenated alkanes) is 12. The van der Waals surface area contributed by atoms with E-state index in [0.717, 1.165) is 71.3 Å². The lowest BCUT2D eigenvalue weighted by atomic mass is 10.1.